The molecular weight excluding hydrogens is 245 g/mol. The lowest BCUT2D eigenvalue weighted by atomic mass is 10.3. The second-order valence-corrected chi connectivity index (χ2v) is 3.27. The van der Waals surface area contributed by atoms with E-state index in [0.717, 1.165) is 19.5 Å². The van der Waals surface area contributed by atoms with Crippen LogP contribution in [0.3, 0.4) is 0 Å². The molecule has 1 amide bonds. The number of likely N-dealkylation sites (tertiary alicyclic amines) is 1. The molecule has 1 unspecified atom stereocenters. The molecule has 0 aromatic rings. The van der Waals surface area contributed by atoms with Gasteiger partial charge in [-0.05, 0) is 6.42 Å². The highest BCUT2D eigenvalue weighted by Crippen LogP contribution is 2.14. The van der Waals surface area contributed by atoms with Gasteiger partial charge in [-0.3, -0.25) is 4.79 Å². The van der Waals surface area contributed by atoms with E-state index in [0.29, 0.717) is 0 Å². The minimum Gasteiger partial charge on any atom is -0.380 e. The van der Waals surface area contributed by atoms with Gasteiger partial charge in [0.25, 0.3) is 3.91 Å². The predicted molar refractivity (Wildman–Crippen MR) is 46.4 cm³/mol. The van der Waals surface area contributed by atoms with Crippen molar-refractivity contribution in [2.24, 2.45) is 0 Å². The van der Waals surface area contributed by atoms with Crippen LogP contribution in [0.25, 0.3) is 0 Å². The quantitative estimate of drug-likeness (QED) is 0.401. The largest absolute Gasteiger partial charge is 0.380 e. The molecule has 0 N–H and O–H groups in total. The van der Waals surface area contributed by atoms with Gasteiger partial charge in [-0.1, -0.05) is 0 Å². The van der Waals surface area contributed by atoms with E-state index in [4.69, 9.17) is 4.74 Å². The highest BCUT2D eigenvalue weighted by molar-refractivity contribution is 14.1. The number of carbonyl (C=O) groups excluding carboxylic acids is 1. The van der Waals surface area contributed by atoms with E-state index in [1.807, 2.05) is 0 Å². The summed E-state index contributed by atoms with van der Waals surface area (Å²) in [6.07, 6.45) is 1.24. The molecule has 3 nitrogen and oxygen atoms in total. The van der Waals surface area contributed by atoms with Gasteiger partial charge in [0.2, 0.25) is 0 Å². The van der Waals surface area contributed by atoms with Crippen molar-refractivity contribution in [3.8, 4) is 0 Å². The van der Waals surface area contributed by atoms with E-state index in [2.05, 4.69) is 0 Å². The van der Waals surface area contributed by atoms with Crippen molar-refractivity contribution in [3.05, 3.63) is 0 Å². The van der Waals surface area contributed by atoms with Crippen molar-refractivity contribution in [2.45, 2.75) is 12.5 Å². The number of hydrogen-bond acceptors (Lipinski definition) is 2. The fraction of sp³-hybridized carbons (Fsp3) is 0.833. The maximum atomic E-state index is 10.8. The minimum absolute atomic E-state index is 0.122. The summed E-state index contributed by atoms with van der Waals surface area (Å²) in [6, 6.07) is 0. The first-order valence-corrected chi connectivity index (χ1v) is 4.29. The molecule has 0 radical (unpaired) electrons. The van der Waals surface area contributed by atoms with Crippen LogP contribution in [0.15, 0.2) is 0 Å². The molecule has 1 fully saturated rings. The second kappa shape index (κ2) is 3.52. The van der Waals surface area contributed by atoms with Crippen LogP contribution in [0.5, 0.6) is 0 Å². The Morgan fingerprint density at radius 3 is 2.80 bits per heavy atom. The van der Waals surface area contributed by atoms with Crippen molar-refractivity contribution in [1.82, 2.24) is 4.90 Å². The van der Waals surface area contributed by atoms with Crippen LogP contribution in [0, 0.1) is 0 Å². The fourth-order valence-corrected chi connectivity index (χ4v) is 1.52. The van der Waals surface area contributed by atoms with Crippen LogP contribution in [0.4, 0.5) is 4.79 Å². The second-order valence-electron chi connectivity index (χ2n) is 2.35. The number of nitrogens with zero attached hydrogens (tertiary/aromatic N) is 1. The summed E-state index contributed by atoms with van der Waals surface area (Å²) < 4.78 is 5.22. The lowest BCUT2D eigenvalue weighted by Crippen LogP contribution is -2.24. The van der Waals surface area contributed by atoms with Gasteiger partial charge in [-0.2, -0.15) is 0 Å². The molecule has 1 aliphatic rings. The highest BCUT2D eigenvalue weighted by Gasteiger charge is 2.23. The molecule has 0 saturated carbocycles. The molecule has 1 rings (SSSR count). The van der Waals surface area contributed by atoms with Crippen molar-refractivity contribution >= 4 is 26.5 Å². The average Bonchev–Trinajstić information content (AvgIpc) is 2.34. The number of amides is 1. The van der Waals surface area contributed by atoms with Gasteiger partial charge in [0, 0.05) is 42.8 Å². The third-order valence-corrected chi connectivity index (χ3v) is 2.41. The Bertz CT molecular complexity index is 140. The zero-order chi connectivity index (χ0) is 7.56. The molecule has 1 saturated heterocycles. The fourth-order valence-electron chi connectivity index (χ4n) is 1.08. The highest BCUT2D eigenvalue weighted by atomic mass is 127. The van der Waals surface area contributed by atoms with Crippen LogP contribution in [0.2, 0.25) is 0 Å². The van der Waals surface area contributed by atoms with Crippen LogP contribution in [-0.4, -0.2) is 35.1 Å². The lowest BCUT2D eigenvalue weighted by molar-refractivity contribution is 0.112. The molecule has 1 heterocycles. The standard InChI is InChI=1S/C6H10INO2/c1-10-5-2-3-8(4-5)6(7)9/h5H,2-4H2,1H3. The van der Waals surface area contributed by atoms with Gasteiger partial charge in [0.05, 0.1) is 6.10 Å². The average molecular weight is 255 g/mol. The van der Waals surface area contributed by atoms with E-state index in [1.165, 1.54) is 0 Å². The Balaban J connectivity index is 2.35. The number of rotatable bonds is 1. The third kappa shape index (κ3) is 1.82. The first-order chi connectivity index (χ1) is 4.74. The molecular formula is C6H10INO2. The normalized spacial score (nSPS) is 25.4. The zero-order valence-corrected chi connectivity index (χ0v) is 8.00. The molecule has 58 valence electrons. The Labute approximate surface area is 73.9 Å². The van der Waals surface area contributed by atoms with Gasteiger partial charge >= 0.3 is 0 Å². The Morgan fingerprint density at radius 1 is 1.80 bits per heavy atom. The van der Waals surface area contributed by atoms with Gasteiger partial charge in [-0.15, -0.1) is 0 Å². The van der Waals surface area contributed by atoms with Crippen molar-refractivity contribution in [3.63, 3.8) is 0 Å². The molecule has 0 aromatic carbocycles. The topological polar surface area (TPSA) is 29.5 Å². The van der Waals surface area contributed by atoms with Gasteiger partial charge < -0.3 is 9.64 Å². The summed E-state index contributed by atoms with van der Waals surface area (Å²) in [4.78, 5) is 12.6. The van der Waals surface area contributed by atoms with Gasteiger partial charge in [-0.25, -0.2) is 0 Å². The number of halogens is 1. The van der Waals surface area contributed by atoms with E-state index in [9.17, 15) is 4.79 Å². The summed E-state index contributed by atoms with van der Waals surface area (Å²) in [5, 5.41) is 0. The summed E-state index contributed by atoms with van der Waals surface area (Å²) in [7, 11) is 1.69. The van der Waals surface area contributed by atoms with Crippen LogP contribution in [0.1, 0.15) is 6.42 Å². The molecule has 1 aliphatic heterocycles. The third-order valence-electron chi connectivity index (χ3n) is 1.73. The SMILES string of the molecule is COC1CCN(C(=O)I)C1. The maximum absolute atomic E-state index is 10.8. The first kappa shape index (κ1) is 8.26. The minimum atomic E-state index is 0.122. The summed E-state index contributed by atoms with van der Waals surface area (Å²) in [6.45, 7) is 1.61. The van der Waals surface area contributed by atoms with Crippen molar-refractivity contribution < 1.29 is 9.53 Å². The molecule has 4 heteroatoms. The number of hydrogen-bond donors (Lipinski definition) is 0. The van der Waals surface area contributed by atoms with E-state index < -0.39 is 0 Å². The van der Waals surface area contributed by atoms with Crippen LogP contribution < -0.4 is 0 Å². The molecule has 10 heavy (non-hydrogen) atoms. The van der Waals surface area contributed by atoms with E-state index in [-0.39, 0.29) is 10.0 Å². The number of methoxy groups -OCH3 is 1. The van der Waals surface area contributed by atoms with Crippen LogP contribution in [-0.2, 0) is 4.74 Å². The van der Waals surface area contributed by atoms with Gasteiger partial charge in [0.15, 0.2) is 0 Å². The predicted octanol–water partition coefficient (Wildman–Crippen LogP) is 1.26. The number of carbonyl (C=O) groups is 1. The zero-order valence-electron chi connectivity index (χ0n) is 5.84. The van der Waals surface area contributed by atoms with Crippen molar-refractivity contribution in [1.29, 1.82) is 0 Å². The number of ether oxygens (including phenoxy) is 1. The van der Waals surface area contributed by atoms with Gasteiger partial charge in [0.1, 0.15) is 0 Å². The summed E-state index contributed by atoms with van der Waals surface area (Å²) in [5.74, 6) is 0. The summed E-state index contributed by atoms with van der Waals surface area (Å²) >= 11 is 1.80. The van der Waals surface area contributed by atoms with E-state index in [1.54, 1.807) is 34.6 Å². The Kier molecular flexibility index (Phi) is 2.91. The maximum Gasteiger partial charge on any atom is 0.283 e. The molecule has 0 aliphatic carbocycles. The smallest absolute Gasteiger partial charge is 0.283 e. The Hall–Kier alpha value is 0.160. The molecule has 0 aromatic heterocycles. The summed E-state index contributed by atoms with van der Waals surface area (Å²) in [5.41, 5.74) is 0. The first-order valence-electron chi connectivity index (χ1n) is 3.21. The van der Waals surface area contributed by atoms with E-state index >= 15 is 0 Å². The molecule has 0 bridgehead atoms. The molecule has 1 atom stereocenters. The Morgan fingerprint density at radius 2 is 2.50 bits per heavy atom. The lowest BCUT2D eigenvalue weighted by Gasteiger charge is -2.11. The molecule has 0 spiro atoms. The van der Waals surface area contributed by atoms with Crippen molar-refractivity contribution in [2.75, 3.05) is 20.2 Å². The van der Waals surface area contributed by atoms with Crippen LogP contribution >= 0.6 is 22.6 Å². The monoisotopic (exact) mass is 255 g/mol.